The van der Waals surface area contributed by atoms with Gasteiger partial charge in [0.1, 0.15) is 0 Å². The molecule has 0 unspecified atom stereocenters. The summed E-state index contributed by atoms with van der Waals surface area (Å²) >= 11 is 12.9. The molecule has 4 heteroatoms. The second kappa shape index (κ2) is 8.97. The summed E-state index contributed by atoms with van der Waals surface area (Å²) < 4.78 is 14.4. The molecule has 0 radical (unpaired) electrons. The lowest BCUT2D eigenvalue weighted by Crippen LogP contribution is -2.17. The third-order valence-corrected chi connectivity index (χ3v) is 8.56. The summed E-state index contributed by atoms with van der Waals surface area (Å²) in [7, 11) is -3.18. The van der Waals surface area contributed by atoms with Crippen molar-refractivity contribution in [3.63, 3.8) is 0 Å². The second-order valence-electron chi connectivity index (χ2n) is 6.38. The molecule has 142 valence electrons. The molecule has 1 nitrogen and oxygen atoms in total. The van der Waals surface area contributed by atoms with Gasteiger partial charge in [-0.05, 0) is 29.7 Å². The Labute approximate surface area is 176 Å². The molecule has 0 aromatic heterocycles. The number of hydrogen-bond donors (Lipinski definition) is 0. The van der Waals surface area contributed by atoms with Gasteiger partial charge in [0.25, 0.3) is 0 Å². The van der Waals surface area contributed by atoms with E-state index in [0.717, 1.165) is 21.7 Å². The topological polar surface area (TPSA) is 17.1 Å². The quantitative estimate of drug-likeness (QED) is 0.300. The van der Waals surface area contributed by atoms with Crippen molar-refractivity contribution in [2.24, 2.45) is 0 Å². The zero-order valence-electron chi connectivity index (χ0n) is 15.6. The van der Waals surface area contributed by atoms with Crippen LogP contribution in [0.5, 0.6) is 0 Å². The van der Waals surface area contributed by atoms with Gasteiger partial charge in [-0.15, -0.1) is 0 Å². The molecule has 0 aliphatic carbocycles. The molecular weight excluding hydrogens is 406 g/mol. The average Bonchev–Trinajstić information content (AvgIpc) is 2.75. The van der Waals surface area contributed by atoms with E-state index in [1.54, 1.807) is 0 Å². The van der Waals surface area contributed by atoms with Crippen LogP contribution in [0.15, 0.2) is 102 Å². The fraction of sp³-hybridized carbons (Fsp3) is 0.0833. The van der Waals surface area contributed by atoms with E-state index in [2.05, 4.69) is 6.58 Å². The monoisotopic (exact) mass is 426 g/mol. The molecule has 3 aromatic rings. The Hall–Kier alpha value is -2.05. The highest BCUT2D eigenvalue weighted by atomic mass is 35.5. The Kier molecular flexibility index (Phi) is 6.62. The standard InChI is InChI=1S/C24H21Cl2OP/c1-3-23(19-14-16-20(25)17-15-19)24(26)18(2)28(27,21-10-6-4-7-11-21)22-12-8-5-9-13-22/h4-17H,2-3H2,1H3/b24-23-. The van der Waals surface area contributed by atoms with Crippen LogP contribution in [0.3, 0.4) is 0 Å². The molecule has 0 N–H and O–H groups in total. The molecule has 3 rings (SSSR count). The SMILES string of the molecule is C=C(/C(Cl)=C(\CC)c1ccc(Cl)cc1)P(=O)(c1ccccc1)c1ccccc1. The molecular formula is C24H21Cl2OP. The van der Waals surface area contributed by atoms with Crippen molar-refractivity contribution in [1.29, 1.82) is 0 Å². The highest BCUT2D eigenvalue weighted by Crippen LogP contribution is 2.56. The van der Waals surface area contributed by atoms with Gasteiger partial charge in [-0.1, -0.05) is 110 Å². The maximum Gasteiger partial charge on any atom is 0.171 e. The van der Waals surface area contributed by atoms with Crippen LogP contribution in [0, 0.1) is 0 Å². The Morgan fingerprint density at radius 1 is 0.857 bits per heavy atom. The molecule has 0 aliphatic rings. The summed E-state index contributed by atoms with van der Waals surface area (Å²) in [5.74, 6) is 0. The second-order valence-corrected chi connectivity index (χ2v) is 9.99. The summed E-state index contributed by atoms with van der Waals surface area (Å²) in [5.41, 5.74) is 1.85. The zero-order valence-corrected chi connectivity index (χ0v) is 18.0. The molecule has 0 spiro atoms. The zero-order chi connectivity index (χ0) is 20.1. The fourth-order valence-corrected chi connectivity index (χ4v) is 6.43. The summed E-state index contributed by atoms with van der Waals surface area (Å²) in [6.45, 7) is 6.24. The third-order valence-electron chi connectivity index (χ3n) is 4.68. The lowest BCUT2D eigenvalue weighted by atomic mass is 10.0. The summed E-state index contributed by atoms with van der Waals surface area (Å²) in [4.78, 5) is 0. The lowest BCUT2D eigenvalue weighted by molar-refractivity contribution is 0.591. The molecule has 0 amide bonds. The van der Waals surface area contributed by atoms with E-state index in [4.69, 9.17) is 23.2 Å². The Morgan fingerprint density at radius 3 is 1.75 bits per heavy atom. The molecule has 0 atom stereocenters. The molecule has 0 fully saturated rings. The third kappa shape index (κ3) is 4.03. The van der Waals surface area contributed by atoms with E-state index in [9.17, 15) is 4.57 Å². The minimum absolute atomic E-state index is 0.443. The molecule has 0 saturated carbocycles. The van der Waals surface area contributed by atoms with Gasteiger partial charge in [0.05, 0.1) is 5.03 Å². The molecule has 0 saturated heterocycles. The molecule has 0 aliphatic heterocycles. The van der Waals surface area contributed by atoms with Crippen molar-refractivity contribution >= 4 is 46.5 Å². The van der Waals surface area contributed by atoms with Gasteiger partial charge in [-0.25, -0.2) is 0 Å². The van der Waals surface area contributed by atoms with Gasteiger partial charge in [0.2, 0.25) is 0 Å². The number of benzene rings is 3. The van der Waals surface area contributed by atoms with Gasteiger partial charge in [0.15, 0.2) is 7.14 Å². The first-order valence-electron chi connectivity index (χ1n) is 9.04. The van der Waals surface area contributed by atoms with Gasteiger partial charge in [-0.2, -0.15) is 0 Å². The maximum absolute atomic E-state index is 14.4. The van der Waals surface area contributed by atoms with Crippen molar-refractivity contribution in [3.05, 3.63) is 112 Å². The summed E-state index contributed by atoms with van der Waals surface area (Å²) in [6.07, 6.45) is 0.684. The number of allylic oxidation sites excluding steroid dienone is 3. The van der Waals surface area contributed by atoms with Crippen LogP contribution in [-0.2, 0) is 4.57 Å². The van der Waals surface area contributed by atoms with E-state index >= 15 is 0 Å². The van der Waals surface area contributed by atoms with Gasteiger partial charge < -0.3 is 4.57 Å². The Balaban J connectivity index is 2.19. The minimum Gasteiger partial charge on any atom is -0.309 e. The predicted molar refractivity (Wildman–Crippen MR) is 123 cm³/mol. The first-order chi connectivity index (χ1) is 13.5. The summed E-state index contributed by atoms with van der Waals surface area (Å²) in [6, 6.07) is 26.3. The highest BCUT2D eigenvalue weighted by molar-refractivity contribution is 7.82. The normalized spacial score (nSPS) is 12.4. The van der Waals surface area contributed by atoms with E-state index in [1.807, 2.05) is 91.9 Å². The first kappa shape index (κ1) is 20.7. The van der Waals surface area contributed by atoms with Crippen molar-refractivity contribution in [2.45, 2.75) is 13.3 Å². The Morgan fingerprint density at radius 2 is 1.32 bits per heavy atom. The van der Waals surface area contributed by atoms with Crippen LogP contribution in [-0.4, -0.2) is 0 Å². The predicted octanol–water partition coefficient (Wildman–Crippen LogP) is 7.23. The van der Waals surface area contributed by atoms with Crippen molar-refractivity contribution in [1.82, 2.24) is 0 Å². The van der Waals surface area contributed by atoms with E-state index in [0.29, 0.717) is 21.8 Å². The molecule has 0 bridgehead atoms. The number of rotatable bonds is 6. The van der Waals surface area contributed by atoms with Crippen LogP contribution >= 0.6 is 30.3 Å². The molecule has 3 aromatic carbocycles. The first-order valence-corrected chi connectivity index (χ1v) is 11.5. The van der Waals surface area contributed by atoms with Crippen molar-refractivity contribution in [2.75, 3.05) is 0 Å². The van der Waals surface area contributed by atoms with Crippen LogP contribution in [0.2, 0.25) is 5.02 Å². The van der Waals surface area contributed by atoms with E-state index < -0.39 is 7.14 Å². The Bertz CT molecular complexity index is 995. The number of hydrogen-bond acceptors (Lipinski definition) is 1. The average molecular weight is 427 g/mol. The lowest BCUT2D eigenvalue weighted by Gasteiger charge is -2.23. The van der Waals surface area contributed by atoms with E-state index in [1.165, 1.54) is 0 Å². The maximum atomic E-state index is 14.4. The largest absolute Gasteiger partial charge is 0.309 e. The minimum atomic E-state index is -3.18. The highest BCUT2D eigenvalue weighted by Gasteiger charge is 2.33. The van der Waals surface area contributed by atoms with Gasteiger partial charge >= 0.3 is 0 Å². The van der Waals surface area contributed by atoms with Crippen LogP contribution < -0.4 is 10.6 Å². The fourth-order valence-electron chi connectivity index (χ4n) is 3.19. The van der Waals surface area contributed by atoms with Gasteiger partial charge in [0, 0.05) is 20.9 Å². The summed E-state index contributed by atoms with van der Waals surface area (Å²) in [5, 5.41) is 2.99. The molecule has 28 heavy (non-hydrogen) atoms. The van der Waals surface area contributed by atoms with Crippen molar-refractivity contribution in [3.8, 4) is 0 Å². The van der Waals surface area contributed by atoms with Crippen molar-refractivity contribution < 1.29 is 4.57 Å². The van der Waals surface area contributed by atoms with Crippen LogP contribution in [0.4, 0.5) is 0 Å². The van der Waals surface area contributed by atoms with Crippen LogP contribution in [0.1, 0.15) is 18.9 Å². The van der Waals surface area contributed by atoms with E-state index in [-0.39, 0.29) is 0 Å². The number of halogens is 2. The van der Waals surface area contributed by atoms with Gasteiger partial charge in [-0.3, -0.25) is 0 Å². The van der Waals surface area contributed by atoms with Crippen LogP contribution in [0.25, 0.3) is 5.57 Å². The smallest absolute Gasteiger partial charge is 0.171 e. The molecule has 0 heterocycles.